The zero-order valence-corrected chi connectivity index (χ0v) is 13.8. The molecule has 0 aliphatic rings. The topological polar surface area (TPSA) is 60.7 Å². The lowest BCUT2D eigenvalue weighted by Gasteiger charge is -2.04. The average Bonchev–Trinajstić information content (AvgIpc) is 3.02. The number of thioether (sulfide) groups is 1. The van der Waals surface area contributed by atoms with Crippen molar-refractivity contribution in [3.63, 3.8) is 0 Å². The van der Waals surface area contributed by atoms with Crippen LogP contribution in [0.4, 0.5) is 0 Å². The van der Waals surface area contributed by atoms with E-state index in [4.69, 9.17) is 0 Å². The number of carbonyl (C=O) groups is 1. The Morgan fingerprint density at radius 2 is 1.95 bits per heavy atom. The number of benzene rings is 2. The second-order valence-electron chi connectivity index (χ2n) is 4.43. The van der Waals surface area contributed by atoms with Crippen LogP contribution in [0.1, 0.15) is 10.4 Å². The van der Waals surface area contributed by atoms with Crippen LogP contribution in [0.2, 0.25) is 0 Å². The van der Waals surface area contributed by atoms with Crippen molar-refractivity contribution >= 4 is 33.5 Å². The summed E-state index contributed by atoms with van der Waals surface area (Å²) < 4.78 is 2.51. The maximum atomic E-state index is 12.2. The Morgan fingerprint density at radius 3 is 2.73 bits per heavy atom. The van der Waals surface area contributed by atoms with Crippen LogP contribution in [-0.2, 0) is 0 Å². The first-order valence-corrected chi connectivity index (χ1v) is 8.27. The van der Waals surface area contributed by atoms with Crippen molar-refractivity contribution in [2.24, 2.45) is 0 Å². The van der Waals surface area contributed by atoms with Crippen LogP contribution in [0.25, 0.3) is 5.69 Å². The fourth-order valence-electron chi connectivity index (χ4n) is 1.88. The number of halogens is 1. The predicted octanol–water partition coefficient (Wildman–Crippen LogP) is 3.40. The Balaban J connectivity index is 1.73. The average molecular weight is 375 g/mol. The van der Waals surface area contributed by atoms with Gasteiger partial charge in [-0.1, -0.05) is 58.0 Å². The van der Waals surface area contributed by atoms with Crippen LogP contribution in [0.3, 0.4) is 0 Å². The van der Waals surface area contributed by atoms with Crippen LogP contribution in [0, 0.1) is 0 Å². The fourth-order valence-corrected chi connectivity index (χ4v) is 3.06. The third-order valence-electron chi connectivity index (χ3n) is 2.92. The van der Waals surface area contributed by atoms with Gasteiger partial charge >= 0.3 is 0 Å². The van der Waals surface area contributed by atoms with E-state index in [1.54, 1.807) is 10.7 Å². The van der Waals surface area contributed by atoms with Crippen molar-refractivity contribution < 1.29 is 4.79 Å². The van der Waals surface area contributed by atoms with Crippen molar-refractivity contribution in [2.45, 2.75) is 5.16 Å². The van der Waals surface area contributed by atoms with Gasteiger partial charge in [0.05, 0.1) is 11.4 Å². The molecule has 0 aliphatic carbocycles. The van der Waals surface area contributed by atoms with Gasteiger partial charge in [-0.25, -0.2) is 0 Å². The van der Waals surface area contributed by atoms with Crippen LogP contribution < -0.4 is 0 Å². The molecule has 0 saturated heterocycles. The second-order valence-corrected chi connectivity index (χ2v) is 6.29. The lowest BCUT2D eigenvalue weighted by Crippen LogP contribution is -2.04. The molecule has 0 spiro atoms. The molecule has 0 N–H and O–H groups in total. The highest BCUT2D eigenvalue weighted by Gasteiger charge is 2.12. The van der Waals surface area contributed by atoms with Crippen molar-refractivity contribution in [3.8, 4) is 5.69 Å². The third-order valence-corrected chi connectivity index (χ3v) is 4.33. The molecule has 1 aromatic heterocycles. The Hall–Kier alpha value is -1.99. The summed E-state index contributed by atoms with van der Waals surface area (Å²) in [7, 11) is 0. The van der Waals surface area contributed by atoms with Gasteiger partial charge in [0.25, 0.3) is 0 Å². The van der Waals surface area contributed by atoms with Gasteiger partial charge in [0.15, 0.2) is 5.78 Å². The fraction of sp³-hybridized carbons (Fsp3) is 0.0667. The molecule has 22 heavy (non-hydrogen) atoms. The van der Waals surface area contributed by atoms with Crippen LogP contribution >= 0.6 is 27.7 Å². The van der Waals surface area contributed by atoms with E-state index >= 15 is 0 Å². The number of aromatic nitrogens is 4. The summed E-state index contributed by atoms with van der Waals surface area (Å²) in [5, 5.41) is 12.2. The van der Waals surface area contributed by atoms with E-state index in [1.165, 1.54) is 11.8 Å². The summed E-state index contributed by atoms with van der Waals surface area (Å²) in [4.78, 5) is 12.2. The van der Waals surface area contributed by atoms with Crippen molar-refractivity contribution in [1.29, 1.82) is 0 Å². The number of Topliss-reactive ketones (excluding diaryl/α,β-unsaturated/α-hetero) is 1. The number of para-hydroxylation sites is 1. The zero-order valence-electron chi connectivity index (χ0n) is 11.4. The number of tetrazole rings is 1. The molecule has 0 radical (unpaired) electrons. The van der Waals surface area contributed by atoms with E-state index in [9.17, 15) is 4.79 Å². The molecule has 0 atom stereocenters. The molecule has 7 heteroatoms. The monoisotopic (exact) mass is 374 g/mol. The van der Waals surface area contributed by atoms with Gasteiger partial charge in [-0.3, -0.25) is 4.79 Å². The predicted molar refractivity (Wildman–Crippen MR) is 88.4 cm³/mol. The zero-order chi connectivity index (χ0) is 15.4. The molecule has 3 aromatic rings. The van der Waals surface area contributed by atoms with Crippen LogP contribution in [0.15, 0.2) is 64.2 Å². The van der Waals surface area contributed by atoms with Crippen molar-refractivity contribution in [3.05, 3.63) is 64.6 Å². The first-order chi connectivity index (χ1) is 10.7. The standard InChI is InChI=1S/C15H11BrN4OS/c16-12-6-4-5-11(9-12)14(21)10-22-15-17-18-19-20(15)13-7-2-1-3-8-13/h1-9H,10H2. The summed E-state index contributed by atoms with van der Waals surface area (Å²) >= 11 is 4.69. The molecule has 0 saturated carbocycles. The summed E-state index contributed by atoms with van der Waals surface area (Å²) in [6.45, 7) is 0. The SMILES string of the molecule is O=C(CSc1nnnn1-c1ccccc1)c1cccc(Br)c1. The molecular formula is C15H11BrN4OS. The lowest BCUT2D eigenvalue weighted by atomic mass is 10.2. The Kier molecular flexibility index (Phi) is 4.65. The Bertz CT molecular complexity index is 791. The summed E-state index contributed by atoms with van der Waals surface area (Å²) in [6, 6.07) is 16.9. The molecule has 0 amide bonds. The van der Waals surface area contributed by atoms with Gasteiger partial charge in [-0.05, 0) is 34.7 Å². The van der Waals surface area contributed by atoms with Crippen molar-refractivity contribution in [1.82, 2.24) is 20.2 Å². The van der Waals surface area contributed by atoms with Gasteiger partial charge in [0.2, 0.25) is 5.16 Å². The van der Waals surface area contributed by atoms with Crippen LogP contribution in [0.5, 0.6) is 0 Å². The van der Waals surface area contributed by atoms with Crippen LogP contribution in [-0.4, -0.2) is 31.7 Å². The number of rotatable bonds is 5. The minimum Gasteiger partial charge on any atom is -0.293 e. The van der Waals surface area contributed by atoms with E-state index in [0.717, 1.165) is 10.2 Å². The smallest absolute Gasteiger partial charge is 0.214 e. The molecule has 2 aromatic carbocycles. The molecule has 0 fully saturated rings. The minimum absolute atomic E-state index is 0.0360. The quantitative estimate of drug-likeness (QED) is 0.505. The molecule has 0 bridgehead atoms. The molecule has 3 rings (SSSR count). The number of carbonyl (C=O) groups excluding carboxylic acids is 1. The molecule has 0 unspecified atom stereocenters. The number of nitrogens with zero attached hydrogens (tertiary/aromatic N) is 4. The summed E-state index contributed by atoms with van der Waals surface area (Å²) in [5.41, 5.74) is 1.53. The van der Waals surface area contributed by atoms with E-state index in [1.807, 2.05) is 48.5 Å². The van der Waals surface area contributed by atoms with Gasteiger partial charge in [0.1, 0.15) is 0 Å². The summed E-state index contributed by atoms with van der Waals surface area (Å²) in [6.07, 6.45) is 0. The van der Waals surface area contributed by atoms with E-state index in [-0.39, 0.29) is 11.5 Å². The van der Waals surface area contributed by atoms with Gasteiger partial charge in [-0.2, -0.15) is 4.68 Å². The molecule has 0 aliphatic heterocycles. The van der Waals surface area contributed by atoms with Gasteiger partial charge in [-0.15, -0.1) is 5.10 Å². The molecule has 110 valence electrons. The molecular weight excluding hydrogens is 364 g/mol. The van der Waals surface area contributed by atoms with Gasteiger partial charge in [0, 0.05) is 10.0 Å². The maximum Gasteiger partial charge on any atom is 0.214 e. The lowest BCUT2D eigenvalue weighted by molar-refractivity contribution is 0.102. The van der Waals surface area contributed by atoms with Gasteiger partial charge < -0.3 is 0 Å². The largest absolute Gasteiger partial charge is 0.293 e. The highest BCUT2D eigenvalue weighted by atomic mass is 79.9. The molecule has 5 nitrogen and oxygen atoms in total. The van der Waals surface area contributed by atoms with E-state index in [0.29, 0.717) is 10.7 Å². The highest BCUT2D eigenvalue weighted by Crippen LogP contribution is 2.20. The van der Waals surface area contributed by atoms with E-state index < -0.39 is 0 Å². The first kappa shape index (κ1) is 14.9. The van der Waals surface area contributed by atoms with Crippen molar-refractivity contribution in [2.75, 3.05) is 5.75 Å². The number of hydrogen-bond donors (Lipinski definition) is 0. The normalized spacial score (nSPS) is 10.6. The third kappa shape index (κ3) is 3.42. The maximum absolute atomic E-state index is 12.2. The number of hydrogen-bond acceptors (Lipinski definition) is 5. The van der Waals surface area contributed by atoms with E-state index in [2.05, 4.69) is 31.5 Å². The summed E-state index contributed by atoms with van der Waals surface area (Å²) in [5.74, 6) is 0.317. The first-order valence-electron chi connectivity index (χ1n) is 6.49. The Morgan fingerprint density at radius 1 is 1.14 bits per heavy atom. The molecule has 1 heterocycles. The second kappa shape index (κ2) is 6.85. The minimum atomic E-state index is 0.0360. The Labute approximate surface area is 139 Å². The number of ketones is 1. The highest BCUT2D eigenvalue weighted by molar-refractivity contribution is 9.10.